The van der Waals surface area contributed by atoms with Crippen molar-refractivity contribution in [1.29, 1.82) is 0 Å². The van der Waals surface area contributed by atoms with Crippen molar-refractivity contribution in [2.24, 2.45) is 0 Å². The van der Waals surface area contributed by atoms with Gasteiger partial charge < -0.3 is 14.8 Å². The molecule has 0 spiro atoms. The summed E-state index contributed by atoms with van der Waals surface area (Å²) in [6.07, 6.45) is 3.08. The van der Waals surface area contributed by atoms with Crippen molar-refractivity contribution in [2.45, 2.75) is 38.9 Å². The van der Waals surface area contributed by atoms with Crippen LogP contribution in [0.3, 0.4) is 0 Å². The molecule has 2 aliphatic heterocycles. The van der Waals surface area contributed by atoms with E-state index in [0.29, 0.717) is 6.61 Å². The van der Waals surface area contributed by atoms with E-state index in [2.05, 4.69) is 22.2 Å². The van der Waals surface area contributed by atoms with Gasteiger partial charge in [0.05, 0.1) is 18.9 Å². The van der Waals surface area contributed by atoms with Crippen LogP contribution in [-0.2, 0) is 22.5 Å². The van der Waals surface area contributed by atoms with Gasteiger partial charge in [0.15, 0.2) is 5.82 Å². The zero-order chi connectivity index (χ0) is 12.4. The summed E-state index contributed by atoms with van der Waals surface area (Å²) in [5.74, 6) is 1.76. The smallest absolute Gasteiger partial charge is 0.159 e. The van der Waals surface area contributed by atoms with Crippen LogP contribution < -0.4 is 5.32 Å². The molecule has 3 heterocycles. The first kappa shape index (κ1) is 11.9. The third-order valence-electron chi connectivity index (χ3n) is 3.40. The molecule has 0 amide bonds. The molecule has 5 nitrogen and oxygen atoms in total. The molecule has 1 atom stereocenters. The highest BCUT2D eigenvalue weighted by Crippen LogP contribution is 2.30. The zero-order valence-electron chi connectivity index (χ0n) is 10.7. The molecule has 1 unspecified atom stereocenters. The highest BCUT2D eigenvalue weighted by Gasteiger charge is 2.25. The second-order valence-electron chi connectivity index (χ2n) is 4.69. The summed E-state index contributed by atoms with van der Waals surface area (Å²) in [6, 6.07) is 0. The quantitative estimate of drug-likeness (QED) is 0.885. The standard InChI is InChI=1S/C13H19N3O2/c1-2-14-12-9-8-17-7-5-10(9)15-13(16-12)11-4-3-6-18-11/h11H,2-8H2,1H3,(H,14,15,16). The fraction of sp³-hybridized carbons (Fsp3) is 0.692. The van der Waals surface area contributed by atoms with E-state index in [4.69, 9.17) is 9.47 Å². The monoisotopic (exact) mass is 249 g/mol. The van der Waals surface area contributed by atoms with Gasteiger partial charge in [-0.25, -0.2) is 9.97 Å². The Hall–Kier alpha value is -1.20. The second-order valence-corrected chi connectivity index (χ2v) is 4.69. The molecule has 0 aromatic carbocycles. The Morgan fingerprint density at radius 2 is 2.28 bits per heavy atom. The zero-order valence-corrected chi connectivity index (χ0v) is 10.7. The minimum absolute atomic E-state index is 0.0792. The summed E-state index contributed by atoms with van der Waals surface area (Å²) in [7, 11) is 0. The van der Waals surface area contributed by atoms with E-state index in [0.717, 1.165) is 61.9 Å². The number of anilines is 1. The molecule has 1 saturated heterocycles. The molecular weight excluding hydrogens is 230 g/mol. The van der Waals surface area contributed by atoms with Gasteiger partial charge in [-0.3, -0.25) is 0 Å². The van der Waals surface area contributed by atoms with Crippen molar-refractivity contribution in [2.75, 3.05) is 25.1 Å². The van der Waals surface area contributed by atoms with Crippen molar-refractivity contribution in [3.8, 4) is 0 Å². The Balaban J connectivity index is 1.97. The number of hydrogen-bond acceptors (Lipinski definition) is 5. The lowest BCUT2D eigenvalue weighted by Crippen LogP contribution is -2.19. The number of rotatable bonds is 3. The van der Waals surface area contributed by atoms with Crippen LogP contribution >= 0.6 is 0 Å². The fourth-order valence-corrected chi connectivity index (χ4v) is 2.49. The molecule has 18 heavy (non-hydrogen) atoms. The van der Waals surface area contributed by atoms with Crippen LogP contribution in [0.15, 0.2) is 0 Å². The van der Waals surface area contributed by atoms with Crippen LogP contribution in [0.1, 0.15) is 43.0 Å². The van der Waals surface area contributed by atoms with Crippen molar-refractivity contribution in [3.63, 3.8) is 0 Å². The third-order valence-corrected chi connectivity index (χ3v) is 3.40. The average Bonchev–Trinajstić information content (AvgIpc) is 2.93. The maximum Gasteiger partial charge on any atom is 0.159 e. The van der Waals surface area contributed by atoms with Gasteiger partial charge in [0, 0.05) is 25.1 Å². The van der Waals surface area contributed by atoms with Crippen molar-refractivity contribution in [3.05, 3.63) is 17.1 Å². The van der Waals surface area contributed by atoms with E-state index in [-0.39, 0.29) is 6.10 Å². The molecule has 5 heteroatoms. The Labute approximate surface area is 107 Å². The molecule has 0 bridgehead atoms. The van der Waals surface area contributed by atoms with E-state index < -0.39 is 0 Å². The first-order valence-electron chi connectivity index (χ1n) is 6.71. The number of fused-ring (bicyclic) bond motifs is 1. The Kier molecular flexibility index (Phi) is 3.43. The van der Waals surface area contributed by atoms with Gasteiger partial charge in [0.2, 0.25) is 0 Å². The maximum absolute atomic E-state index is 5.68. The molecule has 98 valence electrons. The van der Waals surface area contributed by atoms with Gasteiger partial charge >= 0.3 is 0 Å². The van der Waals surface area contributed by atoms with Gasteiger partial charge in [-0.15, -0.1) is 0 Å². The number of ether oxygens (including phenoxy) is 2. The summed E-state index contributed by atoms with van der Waals surface area (Å²) < 4.78 is 11.2. The Morgan fingerprint density at radius 1 is 1.33 bits per heavy atom. The normalized spacial score (nSPS) is 22.8. The molecule has 0 radical (unpaired) electrons. The summed E-state index contributed by atoms with van der Waals surface area (Å²) in [5, 5.41) is 3.31. The van der Waals surface area contributed by atoms with E-state index in [1.54, 1.807) is 0 Å². The number of nitrogens with one attached hydrogen (secondary N) is 1. The van der Waals surface area contributed by atoms with Crippen LogP contribution in [0.5, 0.6) is 0 Å². The number of aromatic nitrogens is 2. The van der Waals surface area contributed by atoms with Gasteiger partial charge in [0.1, 0.15) is 11.9 Å². The molecule has 2 aliphatic rings. The maximum atomic E-state index is 5.68. The van der Waals surface area contributed by atoms with Crippen LogP contribution in [0.4, 0.5) is 5.82 Å². The van der Waals surface area contributed by atoms with Crippen LogP contribution in [-0.4, -0.2) is 29.7 Å². The fourth-order valence-electron chi connectivity index (χ4n) is 2.49. The van der Waals surface area contributed by atoms with Crippen LogP contribution in [0.25, 0.3) is 0 Å². The lowest BCUT2D eigenvalue weighted by molar-refractivity contribution is 0.0990. The lowest BCUT2D eigenvalue weighted by Gasteiger charge is -2.21. The van der Waals surface area contributed by atoms with Crippen molar-refractivity contribution < 1.29 is 9.47 Å². The number of hydrogen-bond donors (Lipinski definition) is 1. The first-order valence-corrected chi connectivity index (χ1v) is 6.71. The van der Waals surface area contributed by atoms with Gasteiger partial charge in [-0.1, -0.05) is 0 Å². The summed E-state index contributed by atoms with van der Waals surface area (Å²) >= 11 is 0. The van der Waals surface area contributed by atoms with Gasteiger partial charge in [0.25, 0.3) is 0 Å². The number of nitrogens with zero attached hydrogens (tertiary/aromatic N) is 2. The topological polar surface area (TPSA) is 56.3 Å². The minimum atomic E-state index is 0.0792. The molecule has 1 aromatic heterocycles. The molecule has 3 rings (SSSR count). The largest absolute Gasteiger partial charge is 0.376 e. The van der Waals surface area contributed by atoms with E-state index in [1.165, 1.54) is 0 Å². The van der Waals surface area contributed by atoms with Gasteiger partial charge in [-0.05, 0) is 19.8 Å². The Bertz CT molecular complexity index is 430. The lowest BCUT2D eigenvalue weighted by atomic mass is 10.1. The van der Waals surface area contributed by atoms with Gasteiger partial charge in [-0.2, -0.15) is 0 Å². The highest BCUT2D eigenvalue weighted by atomic mass is 16.5. The first-order chi connectivity index (χ1) is 8.88. The molecule has 1 aromatic rings. The second kappa shape index (κ2) is 5.20. The molecule has 1 fully saturated rings. The SMILES string of the molecule is CCNc1nc(C2CCCO2)nc2c1COCC2. The molecular formula is C13H19N3O2. The van der Waals surface area contributed by atoms with E-state index in [9.17, 15) is 0 Å². The van der Waals surface area contributed by atoms with Crippen LogP contribution in [0.2, 0.25) is 0 Å². The third kappa shape index (κ3) is 2.20. The van der Waals surface area contributed by atoms with E-state index in [1.807, 2.05) is 0 Å². The molecule has 0 saturated carbocycles. The van der Waals surface area contributed by atoms with E-state index >= 15 is 0 Å². The predicted molar refractivity (Wildman–Crippen MR) is 67.5 cm³/mol. The average molecular weight is 249 g/mol. The summed E-state index contributed by atoms with van der Waals surface area (Å²) in [4.78, 5) is 9.31. The molecule has 1 N–H and O–H groups in total. The summed E-state index contributed by atoms with van der Waals surface area (Å²) in [6.45, 7) is 5.12. The van der Waals surface area contributed by atoms with Crippen LogP contribution in [0, 0.1) is 0 Å². The predicted octanol–water partition coefficient (Wildman–Crippen LogP) is 1.83. The summed E-state index contributed by atoms with van der Waals surface area (Å²) in [5.41, 5.74) is 2.24. The Morgan fingerprint density at radius 3 is 3.06 bits per heavy atom. The minimum Gasteiger partial charge on any atom is -0.376 e. The van der Waals surface area contributed by atoms with Crippen molar-refractivity contribution >= 4 is 5.82 Å². The highest BCUT2D eigenvalue weighted by molar-refractivity contribution is 5.47. The van der Waals surface area contributed by atoms with Crippen molar-refractivity contribution in [1.82, 2.24) is 9.97 Å². The molecule has 0 aliphatic carbocycles.